The Balaban J connectivity index is 2.12. The van der Waals surface area contributed by atoms with Gasteiger partial charge < -0.3 is 9.47 Å². The van der Waals surface area contributed by atoms with Crippen molar-refractivity contribution in [1.82, 2.24) is 0 Å². The first-order valence-corrected chi connectivity index (χ1v) is 6.37. The lowest BCUT2D eigenvalue weighted by Crippen LogP contribution is -2.04. The van der Waals surface area contributed by atoms with Gasteiger partial charge in [-0.3, -0.25) is 4.79 Å². The van der Waals surface area contributed by atoms with Gasteiger partial charge in [0.25, 0.3) is 0 Å². The van der Waals surface area contributed by atoms with Crippen molar-refractivity contribution in [3.8, 4) is 5.75 Å². The van der Waals surface area contributed by atoms with E-state index >= 15 is 0 Å². The highest BCUT2D eigenvalue weighted by atomic mass is 19.1. The molecular formula is C14H18F2O3. The van der Waals surface area contributed by atoms with E-state index in [2.05, 4.69) is 0 Å². The van der Waals surface area contributed by atoms with E-state index in [9.17, 15) is 13.6 Å². The zero-order chi connectivity index (χ0) is 14.1. The number of ether oxygens (including phenoxy) is 2. The number of halogens is 2. The Morgan fingerprint density at radius 3 is 2.68 bits per heavy atom. The third-order valence-electron chi connectivity index (χ3n) is 2.48. The lowest BCUT2D eigenvalue weighted by Gasteiger charge is -2.07. The van der Waals surface area contributed by atoms with E-state index in [0.29, 0.717) is 32.5 Å². The van der Waals surface area contributed by atoms with Crippen LogP contribution in [0.3, 0.4) is 0 Å². The number of unbranched alkanes of at least 4 members (excludes halogenated alkanes) is 2. The third-order valence-corrected chi connectivity index (χ3v) is 2.48. The van der Waals surface area contributed by atoms with Crippen LogP contribution in [0.15, 0.2) is 18.2 Å². The van der Waals surface area contributed by atoms with E-state index in [0.717, 1.165) is 18.6 Å². The van der Waals surface area contributed by atoms with Gasteiger partial charge in [0.15, 0.2) is 11.6 Å². The minimum absolute atomic E-state index is 0.0480. The minimum atomic E-state index is -0.702. The topological polar surface area (TPSA) is 35.5 Å². The Morgan fingerprint density at radius 1 is 1.21 bits per heavy atom. The molecule has 0 N–H and O–H groups in total. The summed E-state index contributed by atoms with van der Waals surface area (Å²) in [6.07, 6.45) is 2.60. The normalized spacial score (nSPS) is 10.3. The predicted octanol–water partition coefficient (Wildman–Crippen LogP) is 3.47. The molecule has 0 saturated carbocycles. The van der Waals surface area contributed by atoms with Crippen LogP contribution < -0.4 is 4.74 Å². The molecule has 0 aliphatic carbocycles. The van der Waals surface area contributed by atoms with E-state index in [-0.39, 0.29) is 11.7 Å². The highest BCUT2D eigenvalue weighted by molar-refractivity contribution is 5.69. The summed E-state index contributed by atoms with van der Waals surface area (Å²) in [5, 5.41) is 0. The molecule has 0 fully saturated rings. The van der Waals surface area contributed by atoms with Gasteiger partial charge >= 0.3 is 5.97 Å². The number of hydrogen-bond acceptors (Lipinski definition) is 3. The van der Waals surface area contributed by atoms with Crippen LogP contribution in [-0.2, 0) is 9.53 Å². The van der Waals surface area contributed by atoms with E-state index in [1.165, 1.54) is 6.07 Å². The molecule has 0 aliphatic rings. The van der Waals surface area contributed by atoms with Crippen molar-refractivity contribution in [3.63, 3.8) is 0 Å². The molecule has 106 valence electrons. The molecule has 19 heavy (non-hydrogen) atoms. The van der Waals surface area contributed by atoms with Crippen molar-refractivity contribution < 1.29 is 23.0 Å². The smallest absolute Gasteiger partial charge is 0.305 e. The zero-order valence-electron chi connectivity index (χ0n) is 11.0. The Morgan fingerprint density at radius 2 is 2.00 bits per heavy atom. The maximum atomic E-state index is 13.2. The van der Waals surface area contributed by atoms with Crippen LogP contribution in [0.2, 0.25) is 0 Å². The van der Waals surface area contributed by atoms with Gasteiger partial charge in [0.2, 0.25) is 0 Å². The number of rotatable bonds is 8. The second kappa shape index (κ2) is 8.45. The van der Waals surface area contributed by atoms with Gasteiger partial charge in [0, 0.05) is 12.5 Å². The maximum absolute atomic E-state index is 13.2. The molecule has 0 saturated heterocycles. The molecule has 5 heteroatoms. The fourth-order valence-electron chi connectivity index (χ4n) is 1.56. The second-order valence-electron chi connectivity index (χ2n) is 4.04. The fraction of sp³-hybridized carbons (Fsp3) is 0.500. The highest BCUT2D eigenvalue weighted by Crippen LogP contribution is 2.18. The molecule has 0 unspecified atom stereocenters. The summed E-state index contributed by atoms with van der Waals surface area (Å²) in [4.78, 5) is 11.0. The van der Waals surface area contributed by atoms with Gasteiger partial charge in [-0.1, -0.05) is 0 Å². The molecule has 1 aromatic carbocycles. The first-order valence-electron chi connectivity index (χ1n) is 6.37. The van der Waals surface area contributed by atoms with E-state index in [1.54, 1.807) is 6.92 Å². The quantitative estimate of drug-likeness (QED) is 0.537. The maximum Gasteiger partial charge on any atom is 0.305 e. The Hall–Kier alpha value is -1.65. The lowest BCUT2D eigenvalue weighted by molar-refractivity contribution is -0.143. The molecule has 1 aromatic rings. The van der Waals surface area contributed by atoms with Crippen molar-refractivity contribution in [2.75, 3.05) is 13.2 Å². The number of carbonyl (C=O) groups is 1. The third kappa shape index (κ3) is 6.18. The van der Waals surface area contributed by atoms with Crippen LogP contribution in [0.4, 0.5) is 8.78 Å². The Kier molecular flexibility index (Phi) is 6.85. The molecule has 0 aliphatic heterocycles. The van der Waals surface area contributed by atoms with E-state index < -0.39 is 11.6 Å². The standard InChI is InChI=1S/C14H18F2O3/c1-2-18-14(17)6-4-3-5-9-19-13-8-7-11(15)10-12(13)16/h7-8,10H,2-6,9H2,1H3. The summed E-state index contributed by atoms with van der Waals surface area (Å²) in [5.41, 5.74) is 0. The fourth-order valence-corrected chi connectivity index (χ4v) is 1.56. The molecule has 0 aromatic heterocycles. The van der Waals surface area contributed by atoms with Crippen molar-refractivity contribution in [1.29, 1.82) is 0 Å². The summed E-state index contributed by atoms with van der Waals surface area (Å²) in [5.74, 6) is -1.48. The van der Waals surface area contributed by atoms with Crippen LogP contribution in [0.25, 0.3) is 0 Å². The van der Waals surface area contributed by atoms with Gasteiger partial charge in [-0.15, -0.1) is 0 Å². The highest BCUT2D eigenvalue weighted by Gasteiger charge is 2.05. The molecule has 0 spiro atoms. The number of benzene rings is 1. The largest absolute Gasteiger partial charge is 0.491 e. The summed E-state index contributed by atoms with van der Waals surface area (Å²) >= 11 is 0. The monoisotopic (exact) mass is 272 g/mol. The molecule has 0 bridgehead atoms. The predicted molar refractivity (Wildman–Crippen MR) is 67.0 cm³/mol. The number of esters is 1. The average molecular weight is 272 g/mol. The molecule has 0 amide bonds. The molecule has 0 radical (unpaired) electrons. The van der Waals surface area contributed by atoms with Gasteiger partial charge in [0.05, 0.1) is 13.2 Å². The molecular weight excluding hydrogens is 254 g/mol. The van der Waals surface area contributed by atoms with Crippen LogP contribution in [0.1, 0.15) is 32.6 Å². The van der Waals surface area contributed by atoms with Crippen LogP contribution in [0.5, 0.6) is 5.75 Å². The Labute approximate surface area is 111 Å². The van der Waals surface area contributed by atoms with Crippen molar-refractivity contribution in [3.05, 3.63) is 29.8 Å². The molecule has 3 nitrogen and oxygen atoms in total. The second-order valence-corrected chi connectivity index (χ2v) is 4.04. The van der Waals surface area contributed by atoms with Gasteiger partial charge in [0.1, 0.15) is 5.82 Å². The first kappa shape index (κ1) is 15.4. The lowest BCUT2D eigenvalue weighted by atomic mass is 10.2. The number of hydrogen-bond donors (Lipinski definition) is 0. The van der Waals surface area contributed by atoms with E-state index in [1.807, 2.05) is 0 Å². The molecule has 0 atom stereocenters. The average Bonchev–Trinajstić information content (AvgIpc) is 2.36. The van der Waals surface area contributed by atoms with Crippen molar-refractivity contribution in [2.24, 2.45) is 0 Å². The summed E-state index contributed by atoms with van der Waals surface area (Å²) < 4.78 is 35.8. The van der Waals surface area contributed by atoms with Crippen LogP contribution in [0, 0.1) is 11.6 Å². The zero-order valence-corrected chi connectivity index (χ0v) is 11.0. The summed E-state index contributed by atoms with van der Waals surface area (Å²) in [6, 6.07) is 3.21. The molecule has 1 rings (SSSR count). The summed E-state index contributed by atoms with van der Waals surface area (Å²) in [7, 11) is 0. The summed E-state index contributed by atoms with van der Waals surface area (Å²) in [6.45, 7) is 2.50. The van der Waals surface area contributed by atoms with Crippen molar-refractivity contribution in [2.45, 2.75) is 32.6 Å². The Bertz CT molecular complexity index is 408. The van der Waals surface area contributed by atoms with E-state index in [4.69, 9.17) is 9.47 Å². The number of carbonyl (C=O) groups excluding carboxylic acids is 1. The van der Waals surface area contributed by atoms with Crippen LogP contribution >= 0.6 is 0 Å². The first-order chi connectivity index (χ1) is 9.13. The van der Waals surface area contributed by atoms with Gasteiger partial charge in [-0.05, 0) is 38.3 Å². The van der Waals surface area contributed by atoms with Gasteiger partial charge in [-0.25, -0.2) is 8.78 Å². The van der Waals surface area contributed by atoms with Crippen LogP contribution in [-0.4, -0.2) is 19.2 Å². The minimum Gasteiger partial charge on any atom is -0.491 e. The van der Waals surface area contributed by atoms with Gasteiger partial charge in [-0.2, -0.15) is 0 Å². The molecule has 0 heterocycles. The SMILES string of the molecule is CCOC(=O)CCCCCOc1ccc(F)cc1F. The van der Waals surface area contributed by atoms with Crippen molar-refractivity contribution >= 4 is 5.97 Å².